The fraction of sp³-hybridized carbons (Fsp3) is 0.556. The minimum atomic E-state index is -0.560. The smallest absolute Gasteiger partial charge is 0.322 e. The Balaban J connectivity index is 1.09. The quantitative estimate of drug-likeness (QED) is 0.329. The molecule has 48 heavy (non-hydrogen) atoms. The fourth-order valence-electron chi connectivity index (χ4n) is 7.56. The molecular weight excluding hydrogens is 634 g/mol. The van der Waals surface area contributed by atoms with Crippen molar-refractivity contribution >= 4 is 41.1 Å². The molecule has 0 radical (unpaired) electrons. The second-order valence-corrected chi connectivity index (χ2v) is 13.7. The highest BCUT2D eigenvalue weighted by atomic mass is 35.5. The Labute approximate surface area is 287 Å². The maximum Gasteiger partial charge on any atom is 0.322 e. The van der Waals surface area contributed by atoms with Gasteiger partial charge < -0.3 is 29.5 Å². The Morgan fingerprint density at radius 1 is 0.917 bits per heavy atom. The summed E-state index contributed by atoms with van der Waals surface area (Å²) in [5.41, 5.74) is 2.79. The van der Waals surface area contributed by atoms with E-state index >= 15 is 0 Å². The number of esters is 1. The van der Waals surface area contributed by atoms with Crippen molar-refractivity contribution in [2.45, 2.75) is 64.0 Å². The number of benzene rings is 2. The number of nitrogens with zero attached hydrogens (tertiary/aromatic N) is 4. The minimum absolute atomic E-state index is 0.0224. The minimum Gasteiger partial charge on any atom is -0.425 e. The van der Waals surface area contributed by atoms with Crippen LogP contribution in [0.1, 0.15) is 50.2 Å². The SMILES string of the molecule is CC(=O)Oc1ccc(C[C@@H](CC(=O)N2CCC(N3CCc4ccccc4NC3=O)CC2)C(=O)N2CCN(C3CCOCC3)CC2)cc1Cl. The van der Waals surface area contributed by atoms with Crippen LogP contribution in [0, 0.1) is 5.92 Å². The summed E-state index contributed by atoms with van der Waals surface area (Å²) in [5.74, 6) is -0.835. The lowest BCUT2D eigenvalue weighted by molar-refractivity contribution is -0.143. The molecule has 12 heteroatoms. The predicted octanol–water partition coefficient (Wildman–Crippen LogP) is 4.22. The maximum absolute atomic E-state index is 14.1. The summed E-state index contributed by atoms with van der Waals surface area (Å²) in [5, 5.41) is 3.34. The van der Waals surface area contributed by atoms with Crippen molar-refractivity contribution in [3.63, 3.8) is 0 Å². The first kappa shape index (κ1) is 34.2. The summed E-state index contributed by atoms with van der Waals surface area (Å²) in [6.07, 6.45) is 4.63. The normalized spacial score (nSPS) is 20.5. The molecule has 1 atom stereocenters. The van der Waals surface area contributed by atoms with Crippen molar-refractivity contribution in [3.05, 3.63) is 58.6 Å². The summed E-state index contributed by atoms with van der Waals surface area (Å²) in [6.45, 7) is 7.45. The van der Waals surface area contributed by atoms with Gasteiger partial charge in [0.25, 0.3) is 0 Å². The first-order valence-electron chi connectivity index (χ1n) is 17.3. The molecule has 2 aromatic rings. The van der Waals surface area contributed by atoms with Crippen LogP contribution < -0.4 is 10.1 Å². The highest BCUT2D eigenvalue weighted by molar-refractivity contribution is 6.32. The highest BCUT2D eigenvalue weighted by Gasteiger charge is 2.35. The molecule has 0 spiro atoms. The lowest BCUT2D eigenvalue weighted by atomic mass is 9.92. The van der Waals surface area contributed by atoms with Gasteiger partial charge in [0.15, 0.2) is 0 Å². The van der Waals surface area contributed by atoms with Gasteiger partial charge in [0.05, 0.1) is 10.9 Å². The molecular formula is C36H46ClN5O6. The van der Waals surface area contributed by atoms with Crippen LogP contribution in [0.3, 0.4) is 0 Å². The van der Waals surface area contributed by atoms with Crippen LogP contribution in [-0.2, 0) is 32.0 Å². The van der Waals surface area contributed by atoms with Crippen LogP contribution in [0.5, 0.6) is 5.75 Å². The fourth-order valence-corrected chi connectivity index (χ4v) is 7.80. The van der Waals surface area contributed by atoms with E-state index in [1.165, 1.54) is 6.92 Å². The number of halogens is 1. The number of amides is 4. The van der Waals surface area contributed by atoms with E-state index in [0.29, 0.717) is 58.0 Å². The Morgan fingerprint density at radius 3 is 2.35 bits per heavy atom. The summed E-state index contributed by atoms with van der Waals surface area (Å²) in [4.78, 5) is 60.6. The topological polar surface area (TPSA) is 112 Å². The number of carbonyl (C=O) groups excluding carboxylic acids is 4. The lowest BCUT2D eigenvalue weighted by Gasteiger charge is -2.41. The number of nitrogens with one attached hydrogen (secondary N) is 1. The first-order chi connectivity index (χ1) is 23.2. The highest BCUT2D eigenvalue weighted by Crippen LogP contribution is 2.29. The number of ether oxygens (including phenoxy) is 2. The van der Waals surface area contributed by atoms with E-state index in [-0.39, 0.29) is 41.1 Å². The van der Waals surface area contributed by atoms with Crippen LogP contribution in [0.25, 0.3) is 0 Å². The number of hydrogen-bond acceptors (Lipinski definition) is 7. The van der Waals surface area contributed by atoms with E-state index in [2.05, 4.69) is 10.2 Å². The van der Waals surface area contributed by atoms with Gasteiger partial charge in [-0.3, -0.25) is 19.3 Å². The Hall–Kier alpha value is -3.67. The zero-order chi connectivity index (χ0) is 33.6. The standard InChI is InChI=1S/C36H46ClN5O6/c1-25(43)48-33-7-6-26(23-31(33)37)22-28(35(45)41-18-16-39(17-19-41)29-11-20-47-21-12-29)24-34(44)40-13-9-30(10-14-40)42-15-8-27-4-2-3-5-32(27)38-36(42)46/h2-7,23,28-30H,8-22,24H2,1H3,(H,38,46)/t28-/m0/s1. The van der Waals surface area contributed by atoms with Gasteiger partial charge in [-0.25, -0.2) is 4.79 Å². The molecule has 258 valence electrons. The average molecular weight is 680 g/mol. The van der Waals surface area contributed by atoms with Crippen molar-refractivity contribution in [3.8, 4) is 5.75 Å². The van der Waals surface area contributed by atoms with Crippen LogP contribution in [0.4, 0.5) is 10.5 Å². The molecule has 11 nitrogen and oxygen atoms in total. The number of hydrogen-bond donors (Lipinski definition) is 1. The third-order valence-corrected chi connectivity index (χ3v) is 10.5. The number of piperidine rings is 1. The molecule has 4 aliphatic heterocycles. The van der Waals surface area contributed by atoms with E-state index in [1.807, 2.05) is 39.0 Å². The van der Waals surface area contributed by atoms with Crippen molar-refractivity contribution in [2.75, 3.05) is 64.3 Å². The molecule has 2 aromatic carbocycles. The molecule has 4 amide bonds. The van der Waals surface area contributed by atoms with E-state index in [4.69, 9.17) is 21.1 Å². The largest absolute Gasteiger partial charge is 0.425 e. The molecule has 0 bridgehead atoms. The lowest BCUT2D eigenvalue weighted by Crippen LogP contribution is -2.54. The number of anilines is 1. The van der Waals surface area contributed by atoms with Crippen LogP contribution in [0.15, 0.2) is 42.5 Å². The number of carbonyl (C=O) groups is 4. The number of urea groups is 1. The van der Waals surface area contributed by atoms with Crippen molar-refractivity contribution in [1.29, 1.82) is 0 Å². The summed E-state index contributed by atoms with van der Waals surface area (Å²) in [6, 6.07) is 13.5. The second-order valence-electron chi connectivity index (χ2n) is 13.3. The first-order valence-corrected chi connectivity index (χ1v) is 17.6. The third-order valence-electron chi connectivity index (χ3n) is 10.2. The van der Waals surface area contributed by atoms with E-state index in [9.17, 15) is 19.2 Å². The molecule has 0 saturated carbocycles. The van der Waals surface area contributed by atoms with Gasteiger partial charge in [-0.1, -0.05) is 35.9 Å². The van der Waals surface area contributed by atoms with E-state index in [1.54, 1.807) is 18.2 Å². The third kappa shape index (κ3) is 8.30. The Morgan fingerprint density at radius 2 is 1.65 bits per heavy atom. The molecule has 4 aliphatic rings. The molecule has 0 aromatic heterocycles. The molecule has 3 saturated heterocycles. The Bertz CT molecular complexity index is 1480. The number of para-hydroxylation sites is 1. The van der Waals surface area contributed by atoms with Crippen LogP contribution in [0.2, 0.25) is 5.02 Å². The van der Waals surface area contributed by atoms with E-state index in [0.717, 1.165) is 62.4 Å². The molecule has 0 aliphatic carbocycles. The Kier molecular flexibility index (Phi) is 11.2. The van der Waals surface area contributed by atoms with Gasteiger partial charge in [0.1, 0.15) is 5.75 Å². The maximum atomic E-state index is 14.1. The summed E-state index contributed by atoms with van der Waals surface area (Å²) >= 11 is 6.43. The van der Waals surface area contributed by atoms with Gasteiger partial charge in [0, 0.05) is 90.1 Å². The monoisotopic (exact) mass is 679 g/mol. The summed E-state index contributed by atoms with van der Waals surface area (Å²) < 4.78 is 10.7. The molecule has 0 unspecified atom stereocenters. The van der Waals surface area contributed by atoms with Crippen molar-refractivity contribution in [1.82, 2.24) is 19.6 Å². The molecule has 6 rings (SSSR count). The van der Waals surface area contributed by atoms with Gasteiger partial charge in [-0.2, -0.15) is 0 Å². The van der Waals surface area contributed by atoms with Gasteiger partial charge >= 0.3 is 12.0 Å². The number of piperazine rings is 1. The van der Waals surface area contributed by atoms with Crippen molar-refractivity contribution < 1.29 is 28.7 Å². The van der Waals surface area contributed by atoms with Gasteiger partial charge in [-0.15, -0.1) is 0 Å². The number of fused-ring (bicyclic) bond motifs is 1. The van der Waals surface area contributed by atoms with Crippen LogP contribution >= 0.6 is 11.6 Å². The molecule has 1 N–H and O–H groups in total. The number of rotatable bonds is 8. The number of likely N-dealkylation sites (tertiary alicyclic amines) is 1. The van der Waals surface area contributed by atoms with Crippen molar-refractivity contribution in [2.24, 2.45) is 5.92 Å². The van der Waals surface area contributed by atoms with Crippen LogP contribution in [-0.4, -0.2) is 115 Å². The molecule has 3 fully saturated rings. The summed E-state index contributed by atoms with van der Waals surface area (Å²) in [7, 11) is 0. The van der Waals surface area contributed by atoms with Gasteiger partial charge in [0.2, 0.25) is 11.8 Å². The van der Waals surface area contributed by atoms with Gasteiger partial charge in [-0.05, 0) is 67.9 Å². The predicted molar refractivity (Wildman–Crippen MR) is 182 cm³/mol. The molecule has 4 heterocycles. The zero-order valence-corrected chi connectivity index (χ0v) is 28.5. The zero-order valence-electron chi connectivity index (χ0n) is 27.7. The second kappa shape index (κ2) is 15.7. The van der Waals surface area contributed by atoms with E-state index < -0.39 is 11.9 Å². The average Bonchev–Trinajstić information content (AvgIpc) is 3.27.